The summed E-state index contributed by atoms with van der Waals surface area (Å²) in [4.78, 5) is 22.6. The molecule has 1 aliphatic rings. The number of para-hydroxylation sites is 1. The quantitative estimate of drug-likeness (QED) is 0.841. The number of carboxylic acids is 1. The molecule has 3 atom stereocenters. The third kappa shape index (κ3) is 2.86. The van der Waals surface area contributed by atoms with Gasteiger partial charge in [0, 0.05) is 5.92 Å². The molecule has 1 aromatic carbocycles. The predicted octanol–water partition coefficient (Wildman–Crippen LogP) is 1.39. The Kier molecular flexibility index (Phi) is 3.74. The molecule has 1 fully saturated rings. The van der Waals surface area contributed by atoms with Gasteiger partial charge in [0.1, 0.15) is 11.8 Å². The Balaban J connectivity index is 2.00. The highest BCUT2D eigenvalue weighted by Gasteiger charge is 2.45. The summed E-state index contributed by atoms with van der Waals surface area (Å²) in [5, 5.41) is 11.3. The van der Waals surface area contributed by atoms with Crippen molar-refractivity contribution in [3.8, 4) is 5.75 Å². The Bertz CT molecular complexity index is 500. The van der Waals surface area contributed by atoms with E-state index in [1.54, 1.807) is 7.11 Å². The molecule has 5 heteroatoms. The number of carboxylic acid groups (broad SMARTS) is 1. The molecule has 19 heavy (non-hydrogen) atoms. The highest BCUT2D eigenvalue weighted by molar-refractivity contribution is 5.87. The number of aliphatic carboxylic acids is 1. The summed E-state index contributed by atoms with van der Waals surface area (Å²) in [6.07, 6.45) is 0.735. The molecule has 102 valence electrons. The van der Waals surface area contributed by atoms with E-state index in [-0.39, 0.29) is 17.7 Å². The average molecular weight is 263 g/mol. The van der Waals surface area contributed by atoms with E-state index in [0.29, 0.717) is 0 Å². The maximum absolute atomic E-state index is 11.9. The van der Waals surface area contributed by atoms with Gasteiger partial charge in [-0.15, -0.1) is 0 Å². The fourth-order valence-electron chi connectivity index (χ4n) is 2.18. The van der Waals surface area contributed by atoms with Gasteiger partial charge in [0.15, 0.2) is 0 Å². The van der Waals surface area contributed by atoms with Crippen LogP contribution in [0, 0.1) is 5.92 Å². The summed E-state index contributed by atoms with van der Waals surface area (Å²) < 4.78 is 5.27. The molecule has 2 rings (SSSR count). The molecule has 1 saturated carbocycles. The molecule has 1 amide bonds. The molecule has 0 radical (unpaired) electrons. The minimum atomic E-state index is -1.03. The van der Waals surface area contributed by atoms with Crippen LogP contribution in [0.25, 0.3) is 0 Å². The number of hydrogen-bond acceptors (Lipinski definition) is 3. The highest BCUT2D eigenvalue weighted by atomic mass is 16.5. The van der Waals surface area contributed by atoms with Gasteiger partial charge in [0.05, 0.1) is 7.11 Å². The monoisotopic (exact) mass is 263 g/mol. The van der Waals surface area contributed by atoms with Gasteiger partial charge >= 0.3 is 5.97 Å². The minimum Gasteiger partial charge on any atom is -0.496 e. The van der Waals surface area contributed by atoms with Crippen LogP contribution in [0.1, 0.15) is 24.8 Å². The summed E-state index contributed by atoms with van der Waals surface area (Å²) >= 11 is 0. The van der Waals surface area contributed by atoms with Crippen molar-refractivity contribution in [3.05, 3.63) is 29.8 Å². The van der Waals surface area contributed by atoms with E-state index in [2.05, 4.69) is 5.32 Å². The molecule has 0 bridgehead atoms. The Labute approximate surface area is 111 Å². The molecular formula is C14H17NO4. The van der Waals surface area contributed by atoms with Gasteiger partial charge in [-0.2, -0.15) is 0 Å². The number of methoxy groups -OCH3 is 1. The van der Waals surface area contributed by atoms with Gasteiger partial charge in [-0.05, 0) is 30.9 Å². The van der Waals surface area contributed by atoms with E-state index in [0.717, 1.165) is 17.7 Å². The normalized spacial score (nSPS) is 22.4. The number of nitrogens with one attached hydrogen (secondary N) is 1. The van der Waals surface area contributed by atoms with Crippen LogP contribution in [0.4, 0.5) is 0 Å². The lowest BCUT2D eigenvalue weighted by atomic mass is 10.1. The van der Waals surface area contributed by atoms with Crippen molar-refractivity contribution in [1.29, 1.82) is 0 Å². The van der Waals surface area contributed by atoms with Gasteiger partial charge < -0.3 is 15.2 Å². The van der Waals surface area contributed by atoms with Crippen LogP contribution in [0.5, 0.6) is 5.75 Å². The van der Waals surface area contributed by atoms with Crippen molar-refractivity contribution in [3.63, 3.8) is 0 Å². The smallest absolute Gasteiger partial charge is 0.325 e. The Morgan fingerprint density at radius 1 is 1.42 bits per heavy atom. The molecule has 0 aliphatic heterocycles. The maximum Gasteiger partial charge on any atom is 0.325 e. The van der Waals surface area contributed by atoms with Crippen molar-refractivity contribution in [1.82, 2.24) is 5.32 Å². The standard InChI is InChI=1S/C14H17NO4/c1-8(14(17)18)15-13(16)11-7-10(11)9-5-3-4-6-12(9)19-2/h3-6,8,10-11H,7H2,1-2H3,(H,15,16)(H,17,18)/t8-,10+,11+/m1/s1. The second-order valence-corrected chi connectivity index (χ2v) is 4.76. The van der Waals surface area contributed by atoms with Gasteiger partial charge in [-0.1, -0.05) is 18.2 Å². The fraction of sp³-hybridized carbons (Fsp3) is 0.429. The Hall–Kier alpha value is -2.04. The third-order valence-corrected chi connectivity index (χ3v) is 3.39. The largest absolute Gasteiger partial charge is 0.496 e. The molecule has 1 aliphatic carbocycles. The first kappa shape index (κ1) is 13.4. The molecule has 1 aromatic rings. The van der Waals surface area contributed by atoms with Crippen molar-refractivity contribution < 1.29 is 19.4 Å². The summed E-state index contributed by atoms with van der Waals surface area (Å²) in [7, 11) is 1.60. The zero-order valence-electron chi connectivity index (χ0n) is 10.9. The van der Waals surface area contributed by atoms with Crippen LogP contribution >= 0.6 is 0 Å². The molecule has 0 heterocycles. The van der Waals surface area contributed by atoms with Crippen LogP contribution < -0.4 is 10.1 Å². The second kappa shape index (κ2) is 5.30. The lowest BCUT2D eigenvalue weighted by Gasteiger charge is -2.10. The predicted molar refractivity (Wildman–Crippen MR) is 69.1 cm³/mol. The average Bonchev–Trinajstić information content (AvgIpc) is 3.18. The number of carbonyl (C=O) groups excluding carboxylic acids is 1. The molecule has 0 spiro atoms. The van der Waals surface area contributed by atoms with E-state index in [9.17, 15) is 9.59 Å². The van der Waals surface area contributed by atoms with Crippen LogP contribution in [0.3, 0.4) is 0 Å². The van der Waals surface area contributed by atoms with Crippen LogP contribution in [-0.2, 0) is 9.59 Å². The van der Waals surface area contributed by atoms with Gasteiger partial charge in [-0.3, -0.25) is 9.59 Å². The molecule has 2 N–H and O–H groups in total. The van der Waals surface area contributed by atoms with E-state index in [1.165, 1.54) is 6.92 Å². The Morgan fingerprint density at radius 2 is 2.11 bits per heavy atom. The van der Waals surface area contributed by atoms with E-state index in [1.807, 2.05) is 24.3 Å². The van der Waals surface area contributed by atoms with Crippen molar-refractivity contribution >= 4 is 11.9 Å². The Morgan fingerprint density at radius 3 is 2.74 bits per heavy atom. The molecule has 0 unspecified atom stereocenters. The molecule has 0 saturated heterocycles. The van der Waals surface area contributed by atoms with E-state index >= 15 is 0 Å². The van der Waals surface area contributed by atoms with Gasteiger partial charge in [-0.25, -0.2) is 0 Å². The lowest BCUT2D eigenvalue weighted by Crippen LogP contribution is -2.39. The zero-order valence-corrected chi connectivity index (χ0v) is 10.9. The summed E-state index contributed by atoms with van der Waals surface area (Å²) in [6.45, 7) is 1.46. The third-order valence-electron chi connectivity index (χ3n) is 3.39. The number of carbonyl (C=O) groups is 2. The molecule has 5 nitrogen and oxygen atoms in total. The zero-order chi connectivity index (χ0) is 14.0. The number of benzene rings is 1. The van der Waals surface area contributed by atoms with Gasteiger partial charge in [0.2, 0.25) is 5.91 Å². The SMILES string of the molecule is COc1ccccc1[C@@H]1C[C@@H]1C(=O)N[C@H](C)C(=O)O. The fourth-order valence-corrected chi connectivity index (χ4v) is 2.18. The number of amides is 1. The summed E-state index contributed by atoms with van der Waals surface area (Å²) in [5.41, 5.74) is 1.01. The van der Waals surface area contributed by atoms with Crippen LogP contribution in [0.2, 0.25) is 0 Å². The number of rotatable bonds is 5. The topological polar surface area (TPSA) is 75.6 Å². The summed E-state index contributed by atoms with van der Waals surface area (Å²) in [6, 6.07) is 6.74. The van der Waals surface area contributed by atoms with Crippen molar-refractivity contribution in [2.45, 2.75) is 25.3 Å². The second-order valence-electron chi connectivity index (χ2n) is 4.76. The van der Waals surface area contributed by atoms with E-state index < -0.39 is 12.0 Å². The molecular weight excluding hydrogens is 246 g/mol. The minimum absolute atomic E-state index is 0.122. The number of hydrogen-bond donors (Lipinski definition) is 2. The van der Waals surface area contributed by atoms with Crippen LogP contribution in [-0.4, -0.2) is 30.1 Å². The van der Waals surface area contributed by atoms with Crippen molar-refractivity contribution in [2.75, 3.05) is 7.11 Å². The first-order valence-electron chi connectivity index (χ1n) is 6.20. The highest BCUT2D eigenvalue weighted by Crippen LogP contribution is 2.50. The van der Waals surface area contributed by atoms with Crippen LogP contribution in [0.15, 0.2) is 24.3 Å². The lowest BCUT2D eigenvalue weighted by molar-refractivity contribution is -0.141. The van der Waals surface area contributed by atoms with E-state index in [4.69, 9.17) is 9.84 Å². The first-order valence-corrected chi connectivity index (χ1v) is 6.20. The number of ether oxygens (including phenoxy) is 1. The van der Waals surface area contributed by atoms with Gasteiger partial charge in [0.25, 0.3) is 0 Å². The molecule has 0 aromatic heterocycles. The summed E-state index contributed by atoms with van der Waals surface area (Å²) in [5.74, 6) is -0.488. The van der Waals surface area contributed by atoms with Crippen molar-refractivity contribution in [2.24, 2.45) is 5.92 Å². The first-order chi connectivity index (χ1) is 9.04. The maximum atomic E-state index is 11.9.